The molecule has 0 atom stereocenters. The van der Waals surface area contributed by atoms with E-state index in [9.17, 15) is 4.79 Å². The first-order valence-corrected chi connectivity index (χ1v) is 5.82. The number of carbonyl (C=O) groups excluding carboxylic acids is 1. The summed E-state index contributed by atoms with van der Waals surface area (Å²) in [7, 11) is 0. The third-order valence-corrected chi connectivity index (χ3v) is 2.82. The number of ether oxygens (including phenoxy) is 1. The normalized spacial score (nSPS) is 10.5. The summed E-state index contributed by atoms with van der Waals surface area (Å²) < 4.78 is 5.65. The molecule has 5 heteroatoms. The average molecular weight is 253 g/mol. The van der Waals surface area contributed by atoms with Crippen LogP contribution in [0.4, 0.5) is 0 Å². The lowest BCUT2D eigenvalue weighted by atomic mass is 10.2. The summed E-state index contributed by atoms with van der Waals surface area (Å²) in [6.45, 7) is 0.293. The highest BCUT2D eigenvalue weighted by Gasteiger charge is 2.10. The molecule has 0 spiro atoms. The molecule has 0 unspecified atom stereocenters. The topological polar surface area (TPSA) is 67.9 Å². The number of aromatic amines is 1. The Kier molecular flexibility index (Phi) is 2.94. The van der Waals surface area contributed by atoms with Crippen molar-refractivity contribution in [2.24, 2.45) is 0 Å². The van der Waals surface area contributed by atoms with E-state index in [1.54, 1.807) is 6.20 Å². The van der Waals surface area contributed by atoms with Crippen molar-refractivity contribution in [3.63, 3.8) is 0 Å². The van der Waals surface area contributed by atoms with E-state index >= 15 is 0 Å². The van der Waals surface area contributed by atoms with E-state index in [0.717, 1.165) is 12.0 Å². The third-order valence-electron chi connectivity index (χ3n) is 2.82. The van der Waals surface area contributed by atoms with Gasteiger partial charge in [-0.05, 0) is 12.1 Å². The minimum absolute atomic E-state index is 0.293. The minimum atomic E-state index is 0.293. The van der Waals surface area contributed by atoms with Gasteiger partial charge in [-0.15, -0.1) is 0 Å². The molecule has 1 aromatic carbocycles. The fourth-order valence-corrected chi connectivity index (χ4v) is 1.92. The molecule has 0 aliphatic rings. The second-order valence-corrected chi connectivity index (χ2v) is 4.01. The summed E-state index contributed by atoms with van der Waals surface area (Å²) in [5.74, 6) is 0.762. The van der Waals surface area contributed by atoms with Gasteiger partial charge in [0.1, 0.15) is 24.3 Å². The van der Waals surface area contributed by atoms with Crippen LogP contribution in [0, 0.1) is 0 Å². The zero-order chi connectivity index (χ0) is 13.1. The molecule has 1 N–H and O–H groups in total. The quantitative estimate of drug-likeness (QED) is 0.725. The zero-order valence-electron chi connectivity index (χ0n) is 10.0. The summed E-state index contributed by atoms with van der Waals surface area (Å²) in [6, 6.07) is 9.47. The number of para-hydroxylation sites is 1. The van der Waals surface area contributed by atoms with Gasteiger partial charge in [0.15, 0.2) is 6.29 Å². The smallest absolute Gasteiger partial charge is 0.152 e. The van der Waals surface area contributed by atoms with Gasteiger partial charge < -0.3 is 9.72 Å². The second kappa shape index (κ2) is 4.89. The molecule has 0 aliphatic carbocycles. The minimum Gasteiger partial charge on any atom is -0.487 e. The molecule has 0 saturated carbocycles. The number of hydrogen-bond donors (Lipinski definition) is 1. The predicted octanol–water partition coefficient (Wildman–Crippen LogP) is 2.35. The molecule has 0 fully saturated rings. The van der Waals surface area contributed by atoms with Crippen LogP contribution in [0.3, 0.4) is 0 Å². The van der Waals surface area contributed by atoms with E-state index in [0.29, 0.717) is 28.9 Å². The first-order chi connectivity index (χ1) is 9.38. The molecule has 3 rings (SSSR count). The van der Waals surface area contributed by atoms with Crippen LogP contribution >= 0.6 is 0 Å². The highest BCUT2D eigenvalue weighted by Crippen LogP contribution is 2.19. The van der Waals surface area contributed by atoms with Gasteiger partial charge in [-0.3, -0.25) is 4.79 Å². The van der Waals surface area contributed by atoms with Gasteiger partial charge in [0, 0.05) is 11.8 Å². The van der Waals surface area contributed by atoms with Crippen LogP contribution in [-0.4, -0.2) is 21.2 Å². The third kappa shape index (κ3) is 2.18. The van der Waals surface area contributed by atoms with E-state index in [1.165, 1.54) is 6.33 Å². The standard InChI is InChI=1S/C14H11N3O2/c18-7-10-6-15-14-13(10)12(16-9-17-14)8-19-11-4-2-1-3-5-11/h1-7,9H,8H2,(H,15,16,17). The van der Waals surface area contributed by atoms with Crippen molar-refractivity contribution in [1.82, 2.24) is 15.0 Å². The average Bonchev–Trinajstić information content (AvgIpc) is 2.90. The molecular formula is C14H11N3O2. The maximum absolute atomic E-state index is 11.0. The van der Waals surface area contributed by atoms with Crippen LogP contribution in [0.2, 0.25) is 0 Å². The number of nitrogens with one attached hydrogen (secondary N) is 1. The van der Waals surface area contributed by atoms with E-state index in [4.69, 9.17) is 4.74 Å². The maximum Gasteiger partial charge on any atom is 0.152 e. The number of aldehydes is 1. The van der Waals surface area contributed by atoms with Crippen molar-refractivity contribution in [3.8, 4) is 5.75 Å². The Hall–Kier alpha value is -2.69. The molecule has 0 amide bonds. The first-order valence-electron chi connectivity index (χ1n) is 5.82. The number of carbonyl (C=O) groups is 1. The lowest BCUT2D eigenvalue weighted by Crippen LogP contribution is -2.00. The first kappa shape index (κ1) is 11.4. The lowest BCUT2D eigenvalue weighted by molar-refractivity contribution is 0.112. The molecule has 0 saturated heterocycles. The number of hydrogen-bond acceptors (Lipinski definition) is 4. The van der Waals surface area contributed by atoms with Crippen molar-refractivity contribution >= 4 is 17.3 Å². The van der Waals surface area contributed by atoms with E-state index in [1.807, 2.05) is 30.3 Å². The Labute approximate surface area is 109 Å². The van der Waals surface area contributed by atoms with Gasteiger partial charge in [0.25, 0.3) is 0 Å². The molecule has 0 bridgehead atoms. The molecule has 2 aromatic heterocycles. The van der Waals surface area contributed by atoms with E-state index < -0.39 is 0 Å². The summed E-state index contributed by atoms with van der Waals surface area (Å²) in [5.41, 5.74) is 1.88. The molecule has 0 radical (unpaired) electrons. The maximum atomic E-state index is 11.0. The fraction of sp³-hybridized carbons (Fsp3) is 0.0714. The van der Waals surface area contributed by atoms with Crippen LogP contribution in [0.1, 0.15) is 16.1 Å². The Morgan fingerprint density at radius 2 is 2.05 bits per heavy atom. The molecule has 19 heavy (non-hydrogen) atoms. The van der Waals surface area contributed by atoms with Crippen molar-refractivity contribution in [2.45, 2.75) is 6.61 Å². The van der Waals surface area contributed by atoms with Crippen molar-refractivity contribution in [2.75, 3.05) is 0 Å². The van der Waals surface area contributed by atoms with Crippen LogP contribution in [0.25, 0.3) is 11.0 Å². The van der Waals surface area contributed by atoms with Crippen LogP contribution < -0.4 is 4.74 Å². The van der Waals surface area contributed by atoms with Crippen LogP contribution in [-0.2, 0) is 6.61 Å². The Bertz CT molecular complexity index is 707. The summed E-state index contributed by atoms with van der Waals surface area (Å²) in [5, 5.41) is 0.716. The Balaban J connectivity index is 1.92. The fourth-order valence-electron chi connectivity index (χ4n) is 1.92. The number of H-pyrrole nitrogens is 1. The van der Waals surface area contributed by atoms with Gasteiger partial charge in [0.2, 0.25) is 0 Å². The Morgan fingerprint density at radius 1 is 1.21 bits per heavy atom. The zero-order valence-corrected chi connectivity index (χ0v) is 10.0. The Morgan fingerprint density at radius 3 is 2.84 bits per heavy atom. The lowest BCUT2D eigenvalue weighted by Gasteiger charge is -2.06. The van der Waals surface area contributed by atoms with Gasteiger partial charge >= 0.3 is 0 Å². The molecule has 2 heterocycles. The van der Waals surface area contributed by atoms with E-state index in [-0.39, 0.29) is 0 Å². The highest BCUT2D eigenvalue weighted by atomic mass is 16.5. The number of aromatic nitrogens is 3. The van der Waals surface area contributed by atoms with Crippen molar-refractivity contribution in [3.05, 3.63) is 54.1 Å². The summed E-state index contributed by atoms with van der Waals surface area (Å²) in [4.78, 5) is 22.2. The predicted molar refractivity (Wildman–Crippen MR) is 70.1 cm³/mol. The largest absolute Gasteiger partial charge is 0.487 e. The molecule has 0 aliphatic heterocycles. The summed E-state index contributed by atoms with van der Waals surface area (Å²) in [6.07, 6.45) is 3.86. The van der Waals surface area contributed by atoms with Gasteiger partial charge in [-0.1, -0.05) is 18.2 Å². The number of rotatable bonds is 4. The van der Waals surface area contributed by atoms with Crippen molar-refractivity contribution in [1.29, 1.82) is 0 Å². The van der Waals surface area contributed by atoms with Gasteiger partial charge in [-0.25, -0.2) is 9.97 Å². The van der Waals surface area contributed by atoms with Crippen LogP contribution in [0.5, 0.6) is 5.75 Å². The number of fused-ring (bicyclic) bond motifs is 1. The number of nitrogens with zero attached hydrogens (tertiary/aromatic N) is 2. The van der Waals surface area contributed by atoms with Gasteiger partial charge in [0.05, 0.1) is 11.1 Å². The van der Waals surface area contributed by atoms with E-state index in [2.05, 4.69) is 15.0 Å². The SMILES string of the molecule is O=Cc1c[nH]c2ncnc(COc3ccccc3)c12. The molecule has 3 aromatic rings. The molecule has 5 nitrogen and oxygen atoms in total. The monoisotopic (exact) mass is 253 g/mol. The van der Waals surface area contributed by atoms with Crippen molar-refractivity contribution < 1.29 is 9.53 Å². The second-order valence-electron chi connectivity index (χ2n) is 4.01. The number of benzene rings is 1. The summed E-state index contributed by atoms with van der Waals surface area (Å²) >= 11 is 0. The van der Waals surface area contributed by atoms with Crippen LogP contribution in [0.15, 0.2) is 42.9 Å². The highest BCUT2D eigenvalue weighted by molar-refractivity contribution is 5.96. The van der Waals surface area contributed by atoms with Gasteiger partial charge in [-0.2, -0.15) is 0 Å². The molecule has 94 valence electrons. The molecular weight excluding hydrogens is 242 g/mol.